The summed E-state index contributed by atoms with van der Waals surface area (Å²) in [7, 11) is 0. The number of nitrogens with one attached hydrogen (secondary N) is 1. The minimum atomic E-state index is 0.544. The van der Waals surface area contributed by atoms with Crippen molar-refractivity contribution in [1.29, 1.82) is 5.26 Å². The second-order valence-electron chi connectivity index (χ2n) is 3.94. The van der Waals surface area contributed by atoms with Crippen LogP contribution in [-0.2, 0) is 6.54 Å². The number of benzene rings is 1. The van der Waals surface area contributed by atoms with Gasteiger partial charge < -0.3 is 5.32 Å². The van der Waals surface area contributed by atoms with Gasteiger partial charge in [0.25, 0.3) is 0 Å². The topological polar surface area (TPSA) is 48.7 Å². The molecule has 1 aromatic heterocycles. The number of anilines is 1. The van der Waals surface area contributed by atoms with Gasteiger partial charge in [-0.3, -0.25) is 0 Å². The van der Waals surface area contributed by atoms with Crippen LogP contribution in [-0.4, -0.2) is 4.98 Å². The molecule has 0 radical (unpaired) electrons. The number of aryl methyl sites for hydroxylation is 1. The summed E-state index contributed by atoms with van der Waals surface area (Å²) in [4.78, 5) is 4.31. The van der Waals surface area contributed by atoms with Crippen molar-refractivity contribution >= 4 is 17.4 Å². The third-order valence-corrected chi connectivity index (χ3v) is 2.74. The van der Waals surface area contributed by atoms with E-state index in [1.54, 1.807) is 6.07 Å². The monoisotopic (exact) mass is 257 g/mol. The fraction of sp³-hybridized carbons (Fsp3) is 0.143. The molecule has 1 aromatic carbocycles. The van der Waals surface area contributed by atoms with Crippen LogP contribution in [0.25, 0.3) is 0 Å². The van der Waals surface area contributed by atoms with Crippen LogP contribution < -0.4 is 5.32 Å². The van der Waals surface area contributed by atoms with Crippen molar-refractivity contribution in [3.63, 3.8) is 0 Å². The van der Waals surface area contributed by atoms with Gasteiger partial charge in [0.2, 0.25) is 0 Å². The Kier molecular flexibility index (Phi) is 3.81. The normalized spacial score (nSPS) is 9.83. The molecule has 0 atom stereocenters. The Balaban J connectivity index is 2.15. The van der Waals surface area contributed by atoms with E-state index in [-0.39, 0.29) is 0 Å². The summed E-state index contributed by atoms with van der Waals surface area (Å²) in [6.07, 6.45) is 0. The highest BCUT2D eigenvalue weighted by Gasteiger charge is 2.03. The predicted molar refractivity (Wildman–Crippen MR) is 72.5 cm³/mol. The van der Waals surface area contributed by atoms with Gasteiger partial charge in [0.1, 0.15) is 11.9 Å². The fourth-order valence-electron chi connectivity index (χ4n) is 1.61. The number of nitrogens with zero attached hydrogens (tertiary/aromatic N) is 2. The molecular weight excluding hydrogens is 246 g/mol. The lowest BCUT2D eigenvalue weighted by atomic mass is 10.2. The average Bonchev–Trinajstić information content (AvgIpc) is 2.37. The van der Waals surface area contributed by atoms with E-state index in [1.165, 1.54) is 0 Å². The SMILES string of the molecule is Cc1ccc(C#N)c(NCc2cccc(Cl)c2)n1. The third kappa shape index (κ3) is 2.99. The zero-order valence-electron chi connectivity index (χ0n) is 9.94. The third-order valence-electron chi connectivity index (χ3n) is 2.50. The summed E-state index contributed by atoms with van der Waals surface area (Å²) in [6, 6.07) is 13.3. The number of halogens is 1. The lowest BCUT2D eigenvalue weighted by molar-refractivity contribution is 1.08. The Labute approximate surface area is 111 Å². The number of pyridine rings is 1. The molecule has 0 saturated carbocycles. The Morgan fingerprint density at radius 3 is 2.89 bits per heavy atom. The lowest BCUT2D eigenvalue weighted by Gasteiger charge is -2.08. The quantitative estimate of drug-likeness (QED) is 0.915. The lowest BCUT2D eigenvalue weighted by Crippen LogP contribution is -2.04. The second-order valence-corrected chi connectivity index (χ2v) is 4.38. The van der Waals surface area contributed by atoms with E-state index in [0.717, 1.165) is 11.3 Å². The summed E-state index contributed by atoms with van der Waals surface area (Å²) in [5.41, 5.74) is 2.47. The van der Waals surface area contributed by atoms with Gasteiger partial charge in [-0.1, -0.05) is 23.7 Å². The van der Waals surface area contributed by atoms with Gasteiger partial charge in [-0.05, 0) is 36.8 Å². The van der Waals surface area contributed by atoms with Crippen LogP contribution in [0.3, 0.4) is 0 Å². The molecule has 1 N–H and O–H groups in total. The molecule has 0 aliphatic rings. The van der Waals surface area contributed by atoms with Gasteiger partial charge in [0.05, 0.1) is 5.56 Å². The molecule has 0 saturated heterocycles. The summed E-state index contributed by atoms with van der Waals surface area (Å²) < 4.78 is 0. The van der Waals surface area contributed by atoms with E-state index in [2.05, 4.69) is 16.4 Å². The van der Waals surface area contributed by atoms with E-state index in [0.29, 0.717) is 22.9 Å². The van der Waals surface area contributed by atoms with E-state index < -0.39 is 0 Å². The van der Waals surface area contributed by atoms with E-state index in [4.69, 9.17) is 16.9 Å². The van der Waals surface area contributed by atoms with Crippen molar-refractivity contribution in [2.24, 2.45) is 0 Å². The van der Waals surface area contributed by atoms with Gasteiger partial charge in [0.15, 0.2) is 0 Å². The molecule has 0 aliphatic carbocycles. The Morgan fingerprint density at radius 2 is 2.17 bits per heavy atom. The molecule has 0 bridgehead atoms. The van der Waals surface area contributed by atoms with Crippen molar-refractivity contribution in [2.45, 2.75) is 13.5 Å². The number of hydrogen-bond donors (Lipinski definition) is 1. The van der Waals surface area contributed by atoms with Crippen molar-refractivity contribution in [3.05, 3.63) is 58.2 Å². The zero-order chi connectivity index (χ0) is 13.0. The van der Waals surface area contributed by atoms with Crippen molar-refractivity contribution < 1.29 is 0 Å². The molecule has 0 spiro atoms. The maximum atomic E-state index is 9.00. The number of rotatable bonds is 3. The Hall–Kier alpha value is -2.05. The first-order chi connectivity index (χ1) is 8.69. The van der Waals surface area contributed by atoms with Gasteiger partial charge in [0, 0.05) is 17.3 Å². The molecule has 0 unspecified atom stereocenters. The zero-order valence-corrected chi connectivity index (χ0v) is 10.7. The van der Waals surface area contributed by atoms with Gasteiger partial charge >= 0.3 is 0 Å². The van der Waals surface area contributed by atoms with Gasteiger partial charge in [-0.15, -0.1) is 0 Å². The summed E-state index contributed by atoms with van der Waals surface area (Å²) >= 11 is 5.91. The average molecular weight is 258 g/mol. The molecule has 1 heterocycles. The van der Waals surface area contributed by atoms with Crippen LogP contribution in [0.1, 0.15) is 16.8 Å². The van der Waals surface area contributed by atoms with Crippen LogP contribution >= 0.6 is 11.6 Å². The van der Waals surface area contributed by atoms with E-state index in [1.807, 2.05) is 37.3 Å². The van der Waals surface area contributed by atoms with Gasteiger partial charge in [-0.25, -0.2) is 4.98 Å². The predicted octanol–water partition coefficient (Wildman–Crippen LogP) is 3.53. The largest absolute Gasteiger partial charge is 0.365 e. The molecule has 90 valence electrons. The van der Waals surface area contributed by atoms with Gasteiger partial charge in [-0.2, -0.15) is 5.26 Å². The van der Waals surface area contributed by atoms with Crippen molar-refractivity contribution in [3.8, 4) is 6.07 Å². The van der Waals surface area contributed by atoms with Crippen LogP contribution in [0.4, 0.5) is 5.82 Å². The maximum Gasteiger partial charge on any atom is 0.144 e. The van der Waals surface area contributed by atoms with Crippen LogP contribution in [0.5, 0.6) is 0 Å². The molecule has 2 rings (SSSR count). The maximum absolute atomic E-state index is 9.00. The molecule has 4 heteroatoms. The number of aromatic nitrogens is 1. The summed E-state index contributed by atoms with van der Waals surface area (Å²) in [6.45, 7) is 2.48. The molecule has 0 aliphatic heterocycles. The fourth-order valence-corrected chi connectivity index (χ4v) is 1.83. The van der Waals surface area contributed by atoms with Crippen LogP contribution in [0.15, 0.2) is 36.4 Å². The van der Waals surface area contributed by atoms with E-state index in [9.17, 15) is 0 Å². The first kappa shape index (κ1) is 12.4. The molecule has 0 amide bonds. The Morgan fingerprint density at radius 1 is 1.33 bits per heavy atom. The molecular formula is C14H12ClN3. The highest BCUT2D eigenvalue weighted by atomic mass is 35.5. The molecule has 18 heavy (non-hydrogen) atoms. The minimum absolute atomic E-state index is 0.544. The highest BCUT2D eigenvalue weighted by Crippen LogP contribution is 2.15. The smallest absolute Gasteiger partial charge is 0.144 e. The van der Waals surface area contributed by atoms with Crippen molar-refractivity contribution in [2.75, 3.05) is 5.32 Å². The number of nitriles is 1. The molecule has 3 nitrogen and oxygen atoms in total. The summed E-state index contributed by atoms with van der Waals surface area (Å²) in [5.74, 6) is 0.609. The highest BCUT2D eigenvalue weighted by molar-refractivity contribution is 6.30. The first-order valence-corrected chi connectivity index (χ1v) is 5.93. The number of hydrogen-bond acceptors (Lipinski definition) is 3. The second kappa shape index (κ2) is 5.52. The summed E-state index contributed by atoms with van der Waals surface area (Å²) in [5, 5.41) is 12.9. The first-order valence-electron chi connectivity index (χ1n) is 5.55. The Bertz CT molecular complexity index is 602. The standard InChI is InChI=1S/C14H12ClN3/c1-10-5-6-12(8-16)14(18-10)17-9-11-3-2-4-13(15)7-11/h2-7H,9H2,1H3,(H,17,18). The molecule has 2 aromatic rings. The van der Waals surface area contributed by atoms with Crippen molar-refractivity contribution in [1.82, 2.24) is 4.98 Å². The van der Waals surface area contributed by atoms with Crippen LogP contribution in [0.2, 0.25) is 5.02 Å². The van der Waals surface area contributed by atoms with E-state index >= 15 is 0 Å². The van der Waals surface area contributed by atoms with Crippen LogP contribution in [0, 0.1) is 18.3 Å². The minimum Gasteiger partial charge on any atom is -0.365 e. The molecule has 0 fully saturated rings.